The molecular formula is C20H16N2O3. The van der Waals surface area contributed by atoms with Crippen LogP contribution in [0.2, 0.25) is 0 Å². The number of ether oxygens (including phenoxy) is 1. The predicted octanol–water partition coefficient (Wildman–Crippen LogP) is 3.31. The van der Waals surface area contributed by atoms with Crippen LogP contribution < -0.4 is 5.32 Å². The fraction of sp³-hybridized carbons (Fsp3) is 0.100. The van der Waals surface area contributed by atoms with Crippen LogP contribution in [0.4, 0.5) is 5.69 Å². The molecule has 0 unspecified atom stereocenters. The smallest absolute Gasteiger partial charge is 0.325 e. The van der Waals surface area contributed by atoms with Crippen molar-refractivity contribution < 1.29 is 14.3 Å². The Kier molecular flexibility index (Phi) is 3.61. The van der Waals surface area contributed by atoms with Gasteiger partial charge in [0, 0.05) is 39.5 Å². The van der Waals surface area contributed by atoms with Gasteiger partial charge in [0.25, 0.3) is 5.91 Å². The molecule has 25 heavy (non-hydrogen) atoms. The van der Waals surface area contributed by atoms with Gasteiger partial charge in [-0.15, -0.1) is 0 Å². The SMILES string of the molecule is COC(=O)Cn1cc(C=C2C(=O)Nc3ccccc32)c2ccccc21. The summed E-state index contributed by atoms with van der Waals surface area (Å²) in [5.74, 6) is -0.435. The molecule has 5 nitrogen and oxygen atoms in total. The minimum Gasteiger partial charge on any atom is -0.468 e. The zero-order chi connectivity index (χ0) is 17.4. The number of benzene rings is 2. The monoisotopic (exact) mass is 332 g/mol. The second-order valence-electron chi connectivity index (χ2n) is 5.86. The van der Waals surface area contributed by atoms with Gasteiger partial charge in [-0.1, -0.05) is 36.4 Å². The van der Waals surface area contributed by atoms with E-state index in [0.717, 1.165) is 27.7 Å². The number of rotatable bonds is 3. The summed E-state index contributed by atoms with van der Waals surface area (Å²) in [7, 11) is 1.37. The Labute approximate surface area is 144 Å². The van der Waals surface area contributed by atoms with E-state index >= 15 is 0 Å². The van der Waals surface area contributed by atoms with Crippen molar-refractivity contribution in [1.29, 1.82) is 0 Å². The van der Waals surface area contributed by atoms with Crippen molar-refractivity contribution in [2.75, 3.05) is 12.4 Å². The van der Waals surface area contributed by atoms with Crippen molar-refractivity contribution >= 4 is 40.1 Å². The number of fused-ring (bicyclic) bond motifs is 2. The highest BCUT2D eigenvalue weighted by Gasteiger charge is 2.24. The lowest BCUT2D eigenvalue weighted by Gasteiger charge is -2.02. The van der Waals surface area contributed by atoms with Crippen LogP contribution in [0.5, 0.6) is 0 Å². The molecule has 0 spiro atoms. The Morgan fingerprint density at radius 1 is 1.16 bits per heavy atom. The van der Waals surface area contributed by atoms with E-state index in [0.29, 0.717) is 5.57 Å². The highest BCUT2D eigenvalue weighted by molar-refractivity contribution is 6.35. The Balaban J connectivity index is 1.85. The molecule has 4 rings (SSSR count). The maximum atomic E-state index is 12.3. The van der Waals surface area contributed by atoms with Crippen molar-refractivity contribution in [3.63, 3.8) is 0 Å². The number of carbonyl (C=O) groups excluding carboxylic acids is 2. The lowest BCUT2D eigenvalue weighted by molar-refractivity contribution is -0.141. The average Bonchev–Trinajstić information content (AvgIpc) is 3.14. The van der Waals surface area contributed by atoms with Gasteiger partial charge in [0.2, 0.25) is 0 Å². The van der Waals surface area contributed by atoms with Gasteiger partial charge < -0.3 is 14.6 Å². The number of anilines is 1. The van der Waals surface area contributed by atoms with Gasteiger partial charge in [-0.3, -0.25) is 9.59 Å². The summed E-state index contributed by atoms with van der Waals surface area (Å²) in [5.41, 5.74) is 4.14. The number of hydrogen-bond donors (Lipinski definition) is 1. The Bertz CT molecular complexity index is 1030. The van der Waals surface area contributed by atoms with Crippen LogP contribution in [0.25, 0.3) is 22.6 Å². The lowest BCUT2D eigenvalue weighted by Crippen LogP contribution is -2.10. The van der Waals surface area contributed by atoms with Crippen LogP contribution in [0.3, 0.4) is 0 Å². The molecule has 0 fully saturated rings. The number of methoxy groups -OCH3 is 1. The Morgan fingerprint density at radius 3 is 2.76 bits per heavy atom. The molecule has 0 bridgehead atoms. The van der Waals surface area contributed by atoms with Crippen LogP contribution in [0.15, 0.2) is 54.7 Å². The van der Waals surface area contributed by atoms with E-state index in [2.05, 4.69) is 5.32 Å². The fourth-order valence-electron chi connectivity index (χ4n) is 3.16. The van der Waals surface area contributed by atoms with Crippen molar-refractivity contribution in [3.8, 4) is 0 Å². The number of carbonyl (C=O) groups is 2. The van der Waals surface area contributed by atoms with Crippen LogP contribution in [-0.4, -0.2) is 23.6 Å². The zero-order valence-electron chi connectivity index (χ0n) is 13.7. The van der Waals surface area contributed by atoms with Gasteiger partial charge in [0.1, 0.15) is 6.54 Å². The molecule has 0 aliphatic carbocycles. The maximum absolute atomic E-state index is 12.3. The summed E-state index contributed by atoms with van der Waals surface area (Å²) >= 11 is 0. The molecule has 1 aliphatic rings. The first kappa shape index (κ1) is 15.2. The second kappa shape index (κ2) is 5.94. The molecule has 0 radical (unpaired) electrons. The van der Waals surface area contributed by atoms with Gasteiger partial charge in [0.05, 0.1) is 7.11 Å². The molecule has 1 aliphatic heterocycles. The molecule has 2 aromatic carbocycles. The molecule has 1 N–H and O–H groups in total. The first-order valence-electron chi connectivity index (χ1n) is 7.94. The number of para-hydroxylation sites is 2. The van der Waals surface area contributed by atoms with Crippen molar-refractivity contribution in [3.05, 3.63) is 65.9 Å². The summed E-state index contributed by atoms with van der Waals surface area (Å²) < 4.78 is 6.61. The molecule has 1 aromatic heterocycles. The quantitative estimate of drug-likeness (QED) is 0.591. The van der Waals surface area contributed by atoms with E-state index < -0.39 is 0 Å². The van der Waals surface area contributed by atoms with E-state index in [-0.39, 0.29) is 18.4 Å². The van der Waals surface area contributed by atoms with Crippen LogP contribution in [-0.2, 0) is 20.9 Å². The third-order valence-electron chi connectivity index (χ3n) is 4.36. The molecule has 0 saturated carbocycles. The third kappa shape index (κ3) is 2.59. The number of hydrogen-bond acceptors (Lipinski definition) is 3. The molecule has 5 heteroatoms. The van der Waals surface area contributed by atoms with Gasteiger partial charge in [-0.05, 0) is 18.2 Å². The number of aromatic nitrogens is 1. The topological polar surface area (TPSA) is 60.3 Å². The Morgan fingerprint density at radius 2 is 1.92 bits per heavy atom. The van der Waals surface area contributed by atoms with Crippen molar-refractivity contribution in [1.82, 2.24) is 4.57 Å². The molecule has 124 valence electrons. The normalized spacial score (nSPS) is 14.6. The van der Waals surface area contributed by atoms with Crippen LogP contribution in [0, 0.1) is 0 Å². The molecule has 2 heterocycles. The first-order chi connectivity index (χ1) is 12.2. The summed E-state index contributed by atoms with van der Waals surface area (Å²) in [5, 5.41) is 3.86. The summed E-state index contributed by atoms with van der Waals surface area (Å²) in [6.07, 6.45) is 3.75. The van der Waals surface area contributed by atoms with Gasteiger partial charge in [0.15, 0.2) is 0 Å². The summed E-state index contributed by atoms with van der Waals surface area (Å²) in [6.45, 7) is 0.128. The third-order valence-corrected chi connectivity index (χ3v) is 4.36. The standard InChI is InChI=1S/C20H16N2O3/c1-25-19(23)12-22-11-13(14-6-3-5-9-18(14)22)10-16-15-7-2-4-8-17(15)21-20(16)24/h2-11H,12H2,1H3,(H,21,24). The van der Waals surface area contributed by atoms with Gasteiger partial charge >= 0.3 is 5.97 Å². The van der Waals surface area contributed by atoms with E-state index in [4.69, 9.17) is 4.74 Å². The first-order valence-corrected chi connectivity index (χ1v) is 7.94. The molecule has 3 aromatic rings. The zero-order valence-corrected chi connectivity index (χ0v) is 13.7. The highest BCUT2D eigenvalue weighted by atomic mass is 16.5. The van der Waals surface area contributed by atoms with Crippen molar-refractivity contribution in [2.45, 2.75) is 6.54 Å². The number of nitrogens with zero attached hydrogens (tertiary/aromatic N) is 1. The molecule has 0 saturated heterocycles. The van der Waals surface area contributed by atoms with E-state index in [9.17, 15) is 9.59 Å². The largest absolute Gasteiger partial charge is 0.468 e. The predicted molar refractivity (Wildman–Crippen MR) is 96.9 cm³/mol. The lowest BCUT2D eigenvalue weighted by atomic mass is 10.0. The average molecular weight is 332 g/mol. The van der Waals surface area contributed by atoms with Crippen LogP contribution in [0.1, 0.15) is 11.1 Å². The fourth-order valence-corrected chi connectivity index (χ4v) is 3.16. The van der Waals surface area contributed by atoms with E-state index in [1.54, 1.807) is 0 Å². The minimum absolute atomic E-state index is 0.119. The Hall–Kier alpha value is -3.34. The summed E-state index contributed by atoms with van der Waals surface area (Å²) in [6, 6.07) is 15.4. The number of nitrogens with one attached hydrogen (secondary N) is 1. The van der Waals surface area contributed by atoms with E-state index in [1.807, 2.05) is 65.4 Å². The highest BCUT2D eigenvalue weighted by Crippen LogP contribution is 2.34. The second-order valence-corrected chi connectivity index (χ2v) is 5.86. The van der Waals surface area contributed by atoms with Gasteiger partial charge in [-0.2, -0.15) is 0 Å². The molecular weight excluding hydrogens is 316 g/mol. The van der Waals surface area contributed by atoms with E-state index in [1.165, 1.54) is 7.11 Å². The minimum atomic E-state index is -0.316. The molecule has 1 amide bonds. The van der Waals surface area contributed by atoms with Crippen LogP contribution >= 0.6 is 0 Å². The number of esters is 1. The number of amides is 1. The molecule has 0 atom stereocenters. The summed E-state index contributed by atoms with van der Waals surface area (Å²) in [4.78, 5) is 24.0. The maximum Gasteiger partial charge on any atom is 0.325 e. The van der Waals surface area contributed by atoms with Gasteiger partial charge in [-0.25, -0.2) is 0 Å². The van der Waals surface area contributed by atoms with Crippen molar-refractivity contribution in [2.24, 2.45) is 0 Å².